The molecule has 4 aliphatic rings. The summed E-state index contributed by atoms with van der Waals surface area (Å²) in [7, 11) is 1.75. The van der Waals surface area contributed by atoms with Crippen molar-refractivity contribution in [3.05, 3.63) is 23.5 Å². The minimum absolute atomic E-state index is 0.122. The molecule has 0 spiro atoms. The predicted octanol–water partition coefficient (Wildman–Crippen LogP) is 5.23. The Labute approximate surface area is 175 Å². The standard InChI is InChI=1S/C25H36O4/c1-23(2,3)22(27)29-19-14-20(26)25(5)12-10-18-17(21(19)25)8-7-15-13-16(28-6)9-11-24(15,18)4/h7,13,17-19,21H,8-12,14H2,1-6H3/t17-,18+,19?,21-,24+,25-/m1/s1. The number of ether oxygens (including phenoxy) is 2. The first-order valence-corrected chi connectivity index (χ1v) is 11.2. The fraction of sp³-hybridized carbons (Fsp3) is 0.760. The van der Waals surface area contributed by atoms with Gasteiger partial charge in [0.05, 0.1) is 18.3 Å². The summed E-state index contributed by atoms with van der Waals surface area (Å²) in [6.45, 7) is 10.2. The van der Waals surface area contributed by atoms with E-state index in [0.717, 1.165) is 37.9 Å². The fourth-order valence-electron chi connectivity index (χ4n) is 6.70. The molecule has 4 nitrogen and oxygen atoms in total. The Morgan fingerprint density at radius 2 is 1.90 bits per heavy atom. The van der Waals surface area contributed by atoms with Crippen molar-refractivity contribution in [1.29, 1.82) is 0 Å². The fourth-order valence-corrected chi connectivity index (χ4v) is 6.70. The zero-order valence-electron chi connectivity index (χ0n) is 18.8. The third-order valence-electron chi connectivity index (χ3n) is 8.54. The van der Waals surface area contributed by atoms with Crippen molar-refractivity contribution in [3.63, 3.8) is 0 Å². The van der Waals surface area contributed by atoms with Crippen molar-refractivity contribution >= 4 is 11.8 Å². The molecule has 0 aromatic carbocycles. The van der Waals surface area contributed by atoms with E-state index in [2.05, 4.69) is 26.0 Å². The highest BCUT2D eigenvalue weighted by atomic mass is 16.5. The zero-order valence-corrected chi connectivity index (χ0v) is 18.8. The quantitative estimate of drug-likeness (QED) is 0.596. The van der Waals surface area contributed by atoms with E-state index in [4.69, 9.17) is 9.47 Å². The Morgan fingerprint density at radius 1 is 1.17 bits per heavy atom. The molecule has 160 valence electrons. The van der Waals surface area contributed by atoms with Crippen molar-refractivity contribution in [2.75, 3.05) is 7.11 Å². The van der Waals surface area contributed by atoms with Gasteiger partial charge in [-0.2, -0.15) is 0 Å². The van der Waals surface area contributed by atoms with E-state index in [9.17, 15) is 9.59 Å². The molecule has 0 amide bonds. The normalized spacial score (nSPS) is 41.5. The number of rotatable bonds is 2. The third-order valence-corrected chi connectivity index (χ3v) is 8.54. The second-order valence-electron chi connectivity index (χ2n) is 11.2. The smallest absolute Gasteiger partial charge is 0.311 e. The zero-order chi connectivity index (χ0) is 21.2. The van der Waals surface area contributed by atoms with Crippen molar-refractivity contribution in [1.82, 2.24) is 0 Å². The largest absolute Gasteiger partial charge is 0.501 e. The van der Waals surface area contributed by atoms with Crippen LogP contribution in [0.1, 0.15) is 73.1 Å². The van der Waals surface area contributed by atoms with Gasteiger partial charge in [0, 0.05) is 24.2 Å². The summed E-state index contributed by atoms with van der Waals surface area (Å²) in [4.78, 5) is 25.7. The van der Waals surface area contributed by atoms with Gasteiger partial charge in [-0.25, -0.2) is 0 Å². The molecule has 0 aromatic rings. The average molecular weight is 401 g/mol. The number of methoxy groups -OCH3 is 1. The van der Waals surface area contributed by atoms with Crippen LogP contribution in [0.4, 0.5) is 0 Å². The Kier molecular flexibility index (Phi) is 4.79. The molecule has 0 radical (unpaired) electrons. The lowest BCUT2D eigenvalue weighted by Gasteiger charge is -2.56. The van der Waals surface area contributed by atoms with Gasteiger partial charge in [-0.1, -0.05) is 19.9 Å². The van der Waals surface area contributed by atoms with E-state index >= 15 is 0 Å². The molecule has 0 aromatic heterocycles. The van der Waals surface area contributed by atoms with Crippen LogP contribution in [0.3, 0.4) is 0 Å². The van der Waals surface area contributed by atoms with Gasteiger partial charge in [-0.3, -0.25) is 9.59 Å². The number of esters is 1. The number of allylic oxidation sites excluding steroid dienone is 4. The van der Waals surface area contributed by atoms with Gasteiger partial charge in [0.1, 0.15) is 11.9 Å². The molecular weight excluding hydrogens is 364 g/mol. The highest BCUT2D eigenvalue weighted by molar-refractivity contribution is 5.89. The minimum Gasteiger partial charge on any atom is -0.501 e. The highest BCUT2D eigenvalue weighted by Crippen LogP contribution is 2.64. The molecule has 29 heavy (non-hydrogen) atoms. The Morgan fingerprint density at radius 3 is 2.55 bits per heavy atom. The summed E-state index contributed by atoms with van der Waals surface area (Å²) >= 11 is 0. The summed E-state index contributed by atoms with van der Waals surface area (Å²) in [5.74, 6) is 2.22. The van der Waals surface area contributed by atoms with Gasteiger partial charge in [0.25, 0.3) is 0 Å². The summed E-state index contributed by atoms with van der Waals surface area (Å²) in [5.41, 5.74) is 0.620. The van der Waals surface area contributed by atoms with Crippen LogP contribution in [-0.4, -0.2) is 25.0 Å². The molecule has 4 rings (SSSR count). The number of hydrogen-bond donors (Lipinski definition) is 0. The van der Waals surface area contributed by atoms with E-state index in [1.807, 2.05) is 20.8 Å². The van der Waals surface area contributed by atoms with Gasteiger partial charge in [-0.05, 0) is 75.4 Å². The van der Waals surface area contributed by atoms with E-state index in [-0.39, 0.29) is 34.6 Å². The molecule has 0 heterocycles. The van der Waals surface area contributed by atoms with Crippen molar-refractivity contribution in [3.8, 4) is 0 Å². The van der Waals surface area contributed by atoms with Crippen LogP contribution in [0.5, 0.6) is 0 Å². The predicted molar refractivity (Wildman–Crippen MR) is 112 cm³/mol. The average Bonchev–Trinajstić information content (AvgIpc) is 2.90. The summed E-state index contributed by atoms with van der Waals surface area (Å²) < 4.78 is 11.6. The van der Waals surface area contributed by atoms with Crippen LogP contribution >= 0.6 is 0 Å². The number of fused-ring (bicyclic) bond motifs is 5. The molecule has 0 aliphatic heterocycles. The molecule has 6 atom stereocenters. The van der Waals surface area contributed by atoms with Crippen molar-refractivity contribution in [2.45, 2.75) is 79.2 Å². The second kappa shape index (κ2) is 6.72. The van der Waals surface area contributed by atoms with Gasteiger partial charge < -0.3 is 9.47 Å². The van der Waals surface area contributed by atoms with Gasteiger partial charge in [0.2, 0.25) is 0 Å². The third kappa shape index (κ3) is 3.09. The molecule has 2 fully saturated rings. The Bertz CT molecular complexity index is 785. The van der Waals surface area contributed by atoms with E-state index in [1.165, 1.54) is 5.57 Å². The SMILES string of the molecule is COC1=CC2=CC[C@@H]3[C@H](CC[C@]4(C)C(=O)CC(OC(=O)C(C)(C)C)[C@@H]34)[C@@]2(C)CC1. The Balaban J connectivity index is 1.68. The van der Waals surface area contributed by atoms with E-state index < -0.39 is 5.41 Å². The number of hydrogen-bond acceptors (Lipinski definition) is 4. The maximum Gasteiger partial charge on any atom is 0.311 e. The molecule has 2 saturated carbocycles. The van der Waals surface area contributed by atoms with Crippen LogP contribution < -0.4 is 0 Å². The van der Waals surface area contributed by atoms with Crippen LogP contribution in [0.25, 0.3) is 0 Å². The first-order chi connectivity index (χ1) is 13.5. The summed E-state index contributed by atoms with van der Waals surface area (Å²) in [5, 5.41) is 0. The number of carbonyl (C=O) groups excluding carboxylic acids is 2. The minimum atomic E-state index is -0.549. The first-order valence-electron chi connectivity index (χ1n) is 11.2. The van der Waals surface area contributed by atoms with Gasteiger partial charge >= 0.3 is 5.97 Å². The summed E-state index contributed by atoms with van der Waals surface area (Å²) in [6.07, 6.45) is 9.71. The topological polar surface area (TPSA) is 52.6 Å². The maximum atomic E-state index is 13.1. The molecule has 1 unspecified atom stereocenters. The molecular formula is C25H36O4. The maximum absolute atomic E-state index is 13.1. The molecule has 0 N–H and O–H groups in total. The van der Waals surface area contributed by atoms with Crippen LogP contribution in [0.15, 0.2) is 23.5 Å². The Hall–Kier alpha value is -1.58. The van der Waals surface area contributed by atoms with E-state index in [1.54, 1.807) is 7.11 Å². The van der Waals surface area contributed by atoms with Gasteiger partial charge in [-0.15, -0.1) is 0 Å². The summed E-state index contributed by atoms with van der Waals surface area (Å²) in [6, 6.07) is 0. The van der Waals surface area contributed by atoms with Crippen molar-refractivity contribution < 1.29 is 19.1 Å². The van der Waals surface area contributed by atoms with Crippen LogP contribution in [0.2, 0.25) is 0 Å². The lowest BCUT2D eigenvalue weighted by molar-refractivity contribution is -0.166. The number of Topliss-reactive ketones (excluding diaryl/α,β-unsaturated/α-hetero) is 1. The van der Waals surface area contributed by atoms with E-state index in [0.29, 0.717) is 18.3 Å². The lowest BCUT2D eigenvalue weighted by Crippen LogP contribution is -2.52. The van der Waals surface area contributed by atoms with Gasteiger partial charge in [0.15, 0.2) is 0 Å². The molecule has 4 aliphatic carbocycles. The van der Waals surface area contributed by atoms with Crippen LogP contribution in [-0.2, 0) is 19.1 Å². The monoisotopic (exact) mass is 400 g/mol. The first kappa shape index (κ1) is 20.7. The van der Waals surface area contributed by atoms with Crippen LogP contribution in [0, 0.1) is 34.0 Å². The number of carbonyl (C=O) groups is 2. The highest BCUT2D eigenvalue weighted by Gasteiger charge is 2.62. The lowest BCUT2D eigenvalue weighted by atomic mass is 9.48. The molecule has 4 heteroatoms. The number of ketones is 1. The molecule has 0 saturated heterocycles. The molecule has 0 bridgehead atoms. The van der Waals surface area contributed by atoms with Crippen molar-refractivity contribution in [2.24, 2.45) is 34.0 Å². The second-order valence-corrected chi connectivity index (χ2v) is 11.2.